The van der Waals surface area contributed by atoms with Crippen LogP contribution in [0.5, 0.6) is 0 Å². The number of aromatic nitrogens is 4. The van der Waals surface area contributed by atoms with Crippen LogP contribution < -0.4 is 16.0 Å². The Balaban J connectivity index is 1.17. The third kappa shape index (κ3) is 4.60. The predicted octanol–water partition coefficient (Wildman–Crippen LogP) is 2.56. The van der Waals surface area contributed by atoms with Crippen molar-refractivity contribution in [1.29, 1.82) is 0 Å². The number of nitrogens with zero attached hydrogens (tertiary/aromatic N) is 4. The van der Waals surface area contributed by atoms with Gasteiger partial charge in [-0.05, 0) is 43.5 Å². The van der Waals surface area contributed by atoms with Gasteiger partial charge in [0.1, 0.15) is 28.4 Å². The Hall–Kier alpha value is -3.47. The van der Waals surface area contributed by atoms with E-state index in [1.54, 1.807) is 18.5 Å². The summed E-state index contributed by atoms with van der Waals surface area (Å²) in [4.78, 5) is 33.0. The molecule has 3 N–H and O–H groups in total. The Morgan fingerprint density at radius 1 is 1.24 bits per heavy atom. The van der Waals surface area contributed by atoms with Gasteiger partial charge < -0.3 is 16.0 Å². The molecule has 2 aliphatic rings. The number of rotatable bonds is 8. The first-order valence-electron chi connectivity index (χ1n) is 11.2. The molecule has 0 spiro atoms. The molecule has 1 atom stereocenters. The quantitative estimate of drug-likeness (QED) is 0.452. The SMILES string of the molecule is O=C1CC[C@@H](C(=O)NCc2cnc(-c3ccc(NCC4(c5ncccc5F)CCC4)nn3)s2)N1. The predicted molar refractivity (Wildman–Crippen MR) is 124 cm³/mol. The Labute approximate surface area is 199 Å². The van der Waals surface area contributed by atoms with Crippen molar-refractivity contribution in [2.45, 2.75) is 50.1 Å². The van der Waals surface area contributed by atoms with Gasteiger partial charge in [-0.15, -0.1) is 21.5 Å². The highest BCUT2D eigenvalue weighted by molar-refractivity contribution is 7.15. The summed E-state index contributed by atoms with van der Waals surface area (Å²) in [6.45, 7) is 0.875. The van der Waals surface area contributed by atoms with Gasteiger partial charge in [-0.3, -0.25) is 14.6 Å². The molecular formula is C23H24FN7O2S. The summed E-state index contributed by atoms with van der Waals surface area (Å²) in [5.74, 6) is 0.0533. The van der Waals surface area contributed by atoms with Crippen molar-refractivity contribution in [3.63, 3.8) is 0 Å². The van der Waals surface area contributed by atoms with Crippen molar-refractivity contribution in [1.82, 2.24) is 30.8 Å². The fourth-order valence-electron chi connectivity index (χ4n) is 4.29. The number of carbonyl (C=O) groups is 2. The molecule has 5 rings (SSSR count). The minimum Gasteiger partial charge on any atom is -0.368 e. The van der Waals surface area contributed by atoms with Gasteiger partial charge in [0.05, 0.1) is 12.2 Å². The summed E-state index contributed by atoms with van der Waals surface area (Å²) < 4.78 is 14.3. The van der Waals surface area contributed by atoms with E-state index in [0.717, 1.165) is 24.1 Å². The fraction of sp³-hybridized carbons (Fsp3) is 0.391. The van der Waals surface area contributed by atoms with Gasteiger partial charge in [0.2, 0.25) is 11.8 Å². The van der Waals surface area contributed by atoms with Crippen LogP contribution in [-0.2, 0) is 21.5 Å². The Kier molecular flexibility index (Phi) is 6.18. The minimum atomic E-state index is -0.459. The molecular weight excluding hydrogens is 457 g/mol. The van der Waals surface area contributed by atoms with Crippen LogP contribution >= 0.6 is 11.3 Å². The zero-order valence-electron chi connectivity index (χ0n) is 18.4. The highest BCUT2D eigenvalue weighted by Gasteiger charge is 2.41. The number of carbonyl (C=O) groups excluding carboxylic acids is 2. The van der Waals surface area contributed by atoms with E-state index in [2.05, 4.69) is 36.1 Å². The largest absolute Gasteiger partial charge is 0.368 e. The summed E-state index contributed by atoms with van der Waals surface area (Å²) in [5.41, 5.74) is 0.822. The van der Waals surface area contributed by atoms with Crippen LogP contribution in [0.3, 0.4) is 0 Å². The van der Waals surface area contributed by atoms with E-state index in [1.165, 1.54) is 17.4 Å². The maximum Gasteiger partial charge on any atom is 0.242 e. The van der Waals surface area contributed by atoms with E-state index in [1.807, 2.05) is 12.1 Å². The lowest BCUT2D eigenvalue weighted by Crippen LogP contribution is -2.42. The first-order valence-corrected chi connectivity index (χ1v) is 12.0. The summed E-state index contributed by atoms with van der Waals surface area (Å²) >= 11 is 1.42. The van der Waals surface area contributed by atoms with Gasteiger partial charge in [0, 0.05) is 35.7 Å². The average Bonchev–Trinajstić information content (AvgIpc) is 3.47. The number of halogens is 1. The number of pyridine rings is 1. The molecule has 11 heteroatoms. The Morgan fingerprint density at radius 2 is 2.12 bits per heavy atom. The minimum absolute atomic E-state index is 0.0940. The number of hydrogen-bond acceptors (Lipinski definition) is 8. The van der Waals surface area contributed by atoms with E-state index < -0.39 is 6.04 Å². The summed E-state index contributed by atoms with van der Waals surface area (Å²) in [6, 6.07) is 6.26. The summed E-state index contributed by atoms with van der Waals surface area (Å²) in [6.07, 6.45) is 7.04. The maximum atomic E-state index is 14.3. The first kappa shape index (κ1) is 22.3. The van der Waals surface area contributed by atoms with Gasteiger partial charge >= 0.3 is 0 Å². The number of amides is 2. The molecule has 1 aliphatic heterocycles. The van der Waals surface area contributed by atoms with Gasteiger partial charge in [-0.1, -0.05) is 6.42 Å². The second kappa shape index (κ2) is 9.41. The highest BCUT2D eigenvalue weighted by Crippen LogP contribution is 2.43. The number of nitrogens with one attached hydrogen (secondary N) is 3. The zero-order chi connectivity index (χ0) is 23.5. The summed E-state index contributed by atoms with van der Waals surface area (Å²) in [5, 5.41) is 18.0. The average molecular weight is 482 g/mol. The van der Waals surface area contributed by atoms with Crippen molar-refractivity contribution in [2.24, 2.45) is 0 Å². The molecule has 3 aromatic heterocycles. The zero-order valence-corrected chi connectivity index (χ0v) is 19.2. The standard InChI is InChI=1S/C23H24FN7O2S/c24-15-3-1-10-25-20(15)23(8-2-9-23)13-28-18-6-4-17(30-31-18)22-27-12-14(34-22)11-26-21(33)16-5-7-19(32)29-16/h1,3-4,6,10,12,16H,2,5,7-9,11,13H2,(H,26,33)(H,28,31)(H,29,32)/t16-/m0/s1. The van der Waals surface area contributed by atoms with Crippen molar-refractivity contribution < 1.29 is 14.0 Å². The molecule has 4 heterocycles. The molecule has 3 aromatic rings. The third-order valence-corrected chi connectivity index (χ3v) is 7.39. The van der Waals surface area contributed by atoms with Crippen LogP contribution in [0, 0.1) is 5.82 Å². The lowest BCUT2D eigenvalue weighted by molar-refractivity contribution is -0.125. The topological polar surface area (TPSA) is 122 Å². The van der Waals surface area contributed by atoms with Crippen LogP contribution in [-0.4, -0.2) is 44.6 Å². The molecule has 1 aliphatic carbocycles. The molecule has 1 saturated heterocycles. The molecule has 2 amide bonds. The number of anilines is 1. The van der Waals surface area contributed by atoms with E-state index in [4.69, 9.17) is 0 Å². The molecule has 0 radical (unpaired) electrons. The van der Waals surface area contributed by atoms with Crippen molar-refractivity contribution >= 4 is 29.0 Å². The fourth-order valence-corrected chi connectivity index (χ4v) is 5.11. The van der Waals surface area contributed by atoms with Gasteiger partial charge in [-0.25, -0.2) is 9.37 Å². The molecule has 0 unspecified atom stereocenters. The summed E-state index contributed by atoms with van der Waals surface area (Å²) in [7, 11) is 0. The lowest BCUT2D eigenvalue weighted by atomic mass is 9.66. The molecule has 34 heavy (non-hydrogen) atoms. The number of hydrogen-bond donors (Lipinski definition) is 3. The smallest absolute Gasteiger partial charge is 0.242 e. The molecule has 176 valence electrons. The van der Waals surface area contributed by atoms with Gasteiger partial charge in [0.15, 0.2) is 0 Å². The molecule has 2 fully saturated rings. The highest BCUT2D eigenvalue weighted by atomic mass is 32.1. The molecule has 0 bridgehead atoms. The van der Waals surface area contributed by atoms with Crippen LogP contribution in [0.1, 0.15) is 42.7 Å². The van der Waals surface area contributed by atoms with Crippen LogP contribution in [0.25, 0.3) is 10.7 Å². The van der Waals surface area contributed by atoms with E-state index in [0.29, 0.717) is 48.1 Å². The molecule has 9 nitrogen and oxygen atoms in total. The van der Waals surface area contributed by atoms with E-state index >= 15 is 0 Å². The second-order valence-electron chi connectivity index (χ2n) is 8.63. The maximum absolute atomic E-state index is 14.3. The monoisotopic (exact) mass is 481 g/mol. The number of thiazole rings is 1. The van der Waals surface area contributed by atoms with Gasteiger partial charge in [-0.2, -0.15) is 0 Å². The van der Waals surface area contributed by atoms with E-state index in [-0.39, 0.29) is 23.0 Å². The van der Waals surface area contributed by atoms with E-state index in [9.17, 15) is 14.0 Å². The van der Waals surface area contributed by atoms with Crippen LogP contribution in [0.4, 0.5) is 10.2 Å². The lowest BCUT2D eigenvalue weighted by Gasteiger charge is -2.41. The van der Waals surface area contributed by atoms with Crippen LogP contribution in [0.2, 0.25) is 0 Å². The molecule has 1 saturated carbocycles. The van der Waals surface area contributed by atoms with Crippen molar-refractivity contribution in [2.75, 3.05) is 11.9 Å². The third-order valence-electron chi connectivity index (χ3n) is 6.37. The normalized spacial score (nSPS) is 18.7. The van der Waals surface area contributed by atoms with Crippen molar-refractivity contribution in [3.05, 3.63) is 53.0 Å². The Morgan fingerprint density at radius 3 is 2.79 bits per heavy atom. The first-order chi connectivity index (χ1) is 16.5. The van der Waals surface area contributed by atoms with Crippen molar-refractivity contribution in [3.8, 4) is 10.7 Å². The van der Waals surface area contributed by atoms with Gasteiger partial charge in [0.25, 0.3) is 0 Å². The molecule has 0 aromatic carbocycles. The van der Waals surface area contributed by atoms with Crippen LogP contribution in [0.15, 0.2) is 36.7 Å². The Bertz CT molecular complexity index is 1200. The second-order valence-corrected chi connectivity index (χ2v) is 9.75.